The number of para-hydroxylation sites is 1. The third-order valence-corrected chi connectivity index (χ3v) is 6.65. The Labute approximate surface area is 224 Å². The van der Waals surface area contributed by atoms with E-state index in [4.69, 9.17) is 15.9 Å². The van der Waals surface area contributed by atoms with Crippen LogP contribution in [0.3, 0.4) is 0 Å². The van der Waals surface area contributed by atoms with Crippen LogP contribution in [0.4, 0.5) is 16.0 Å². The number of hydrogen-bond acceptors (Lipinski definition) is 7. The zero-order valence-electron chi connectivity index (χ0n) is 21.7. The van der Waals surface area contributed by atoms with Gasteiger partial charge in [0.25, 0.3) is 5.56 Å². The number of anilines is 2. The summed E-state index contributed by atoms with van der Waals surface area (Å²) in [7, 11) is 1.42. The van der Waals surface area contributed by atoms with E-state index in [9.17, 15) is 9.18 Å². The fourth-order valence-electron chi connectivity index (χ4n) is 4.72. The van der Waals surface area contributed by atoms with E-state index < -0.39 is 5.82 Å². The lowest BCUT2D eigenvalue weighted by Crippen LogP contribution is -2.25. The minimum atomic E-state index is -0.548. The van der Waals surface area contributed by atoms with Crippen molar-refractivity contribution in [2.75, 3.05) is 18.2 Å². The van der Waals surface area contributed by atoms with Crippen LogP contribution in [0.1, 0.15) is 27.9 Å². The Bertz CT molecular complexity index is 1800. The molecule has 0 amide bonds. The van der Waals surface area contributed by atoms with Gasteiger partial charge >= 0.3 is 0 Å². The summed E-state index contributed by atoms with van der Waals surface area (Å²) in [5.74, 6) is 0.0659. The molecule has 0 radical (unpaired) electrons. The molecule has 0 spiro atoms. The Morgan fingerprint density at radius 1 is 1.05 bits per heavy atom. The lowest BCUT2D eigenvalue weighted by Gasteiger charge is -2.19. The maximum atomic E-state index is 14.2. The minimum absolute atomic E-state index is 0.0613. The van der Waals surface area contributed by atoms with Crippen LogP contribution >= 0.6 is 0 Å². The molecule has 0 saturated heterocycles. The first-order chi connectivity index (χ1) is 18.8. The largest absolute Gasteiger partial charge is 0.497 e. The fourth-order valence-corrected chi connectivity index (χ4v) is 4.72. The molecule has 2 heterocycles. The Morgan fingerprint density at radius 2 is 1.82 bits per heavy atom. The lowest BCUT2D eigenvalue weighted by atomic mass is 10.0. The third kappa shape index (κ3) is 4.82. The predicted octanol–water partition coefficient (Wildman–Crippen LogP) is 5.16. The molecule has 5 aromatic rings. The molecular weight excluding hydrogens is 495 g/mol. The number of rotatable bonds is 7. The number of nitrogens with zero attached hydrogens (tertiary/aromatic N) is 3. The second-order valence-electron chi connectivity index (χ2n) is 9.19. The van der Waals surface area contributed by atoms with E-state index in [1.165, 1.54) is 25.6 Å². The molecule has 9 heteroatoms. The van der Waals surface area contributed by atoms with E-state index in [1.54, 1.807) is 10.6 Å². The van der Waals surface area contributed by atoms with E-state index in [2.05, 4.69) is 15.3 Å². The van der Waals surface area contributed by atoms with Crippen LogP contribution in [0.15, 0.2) is 77.9 Å². The molecule has 5 rings (SSSR count). The average Bonchev–Trinajstić information content (AvgIpc) is 2.92. The van der Waals surface area contributed by atoms with Crippen molar-refractivity contribution in [2.24, 2.45) is 0 Å². The van der Waals surface area contributed by atoms with E-state index in [0.717, 1.165) is 22.2 Å². The van der Waals surface area contributed by atoms with E-state index in [0.29, 0.717) is 11.1 Å². The number of aryl methyl sites for hydroxylation is 2. The molecule has 0 unspecified atom stereocenters. The topological polar surface area (TPSA) is 119 Å². The minimum Gasteiger partial charge on any atom is -0.497 e. The number of benzene rings is 3. The van der Waals surface area contributed by atoms with Gasteiger partial charge in [0.05, 0.1) is 36.0 Å². The number of fused-ring (bicyclic) bond motifs is 1. The smallest absolute Gasteiger partial charge is 0.263 e. The van der Waals surface area contributed by atoms with Gasteiger partial charge < -0.3 is 15.8 Å². The number of hydrogen-bond donors (Lipinski definition) is 3. The summed E-state index contributed by atoms with van der Waals surface area (Å²) < 4.78 is 21.1. The van der Waals surface area contributed by atoms with Crippen molar-refractivity contribution in [1.82, 2.24) is 14.5 Å². The second kappa shape index (κ2) is 10.4. The van der Waals surface area contributed by atoms with Crippen molar-refractivity contribution in [3.63, 3.8) is 0 Å². The van der Waals surface area contributed by atoms with E-state index in [1.807, 2.05) is 62.4 Å². The maximum Gasteiger partial charge on any atom is 0.263 e. The maximum absolute atomic E-state index is 14.2. The predicted molar refractivity (Wildman–Crippen MR) is 152 cm³/mol. The molecule has 8 nitrogen and oxygen atoms in total. The molecule has 0 bridgehead atoms. The third-order valence-electron chi connectivity index (χ3n) is 6.65. The van der Waals surface area contributed by atoms with Gasteiger partial charge in [-0.15, -0.1) is 0 Å². The monoisotopic (exact) mass is 522 g/mol. The van der Waals surface area contributed by atoms with Gasteiger partial charge in [-0.1, -0.05) is 36.4 Å². The number of pyridine rings is 1. The van der Waals surface area contributed by atoms with Gasteiger partial charge in [0.1, 0.15) is 29.5 Å². The van der Waals surface area contributed by atoms with E-state index in [-0.39, 0.29) is 46.3 Å². The van der Waals surface area contributed by atoms with Gasteiger partial charge in [-0.25, -0.2) is 14.4 Å². The fraction of sp³-hybridized carbons (Fsp3) is 0.133. The standard InChI is InChI=1S/C30H27FN6O2/c1-17-7-4-5-10-24(17)37-22(12-19-9-6-8-18(2)25(19)30(37)38)15-34-29-26(28(33)35-16-36-29)27(32)20-11-21(31)14-23(13-20)39-3/h4-14,16,32H,15H2,1-3H3,(H3,33,34,35,36). The first-order valence-corrected chi connectivity index (χ1v) is 12.3. The molecule has 0 atom stereocenters. The number of nitrogen functional groups attached to an aromatic ring is 1. The summed E-state index contributed by atoms with van der Waals surface area (Å²) in [6.07, 6.45) is 1.29. The van der Waals surface area contributed by atoms with Gasteiger partial charge in [0, 0.05) is 17.3 Å². The molecule has 0 aliphatic carbocycles. The van der Waals surface area contributed by atoms with Crippen molar-refractivity contribution >= 4 is 28.1 Å². The quantitative estimate of drug-likeness (QED) is 0.254. The Kier molecular flexibility index (Phi) is 6.81. The number of halogens is 1. The number of nitrogens with two attached hydrogens (primary N) is 1. The number of nitrogens with one attached hydrogen (secondary N) is 2. The highest BCUT2D eigenvalue weighted by molar-refractivity contribution is 6.16. The SMILES string of the molecule is COc1cc(F)cc(C(=N)c2c(N)ncnc2NCc2cc3cccc(C)c3c(=O)n2-c2ccccc2C)c1. The van der Waals surface area contributed by atoms with Crippen molar-refractivity contribution in [3.05, 3.63) is 117 Å². The summed E-state index contributed by atoms with van der Waals surface area (Å²) in [4.78, 5) is 22.2. The molecule has 196 valence electrons. The summed E-state index contributed by atoms with van der Waals surface area (Å²) in [6, 6.07) is 19.4. The van der Waals surface area contributed by atoms with Crippen LogP contribution in [-0.2, 0) is 6.54 Å². The van der Waals surface area contributed by atoms with Crippen LogP contribution in [0, 0.1) is 25.1 Å². The zero-order valence-corrected chi connectivity index (χ0v) is 21.7. The van der Waals surface area contributed by atoms with Crippen molar-refractivity contribution in [3.8, 4) is 11.4 Å². The first kappa shape index (κ1) is 25.6. The molecule has 0 saturated carbocycles. The van der Waals surface area contributed by atoms with Crippen LogP contribution in [0.5, 0.6) is 5.75 Å². The van der Waals surface area contributed by atoms with Gasteiger partial charge in [-0.05, 0) is 54.6 Å². The van der Waals surface area contributed by atoms with Gasteiger partial charge in [0.2, 0.25) is 0 Å². The summed E-state index contributed by atoms with van der Waals surface area (Å²) in [6.45, 7) is 4.07. The number of methoxy groups -OCH3 is 1. The van der Waals surface area contributed by atoms with Gasteiger partial charge in [-0.2, -0.15) is 0 Å². The second-order valence-corrected chi connectivity index (χ2v) is 9.19. The average molecular weight is 523 g/mol. The molecule has 2 aromatic heterocycles. The lowest BCUT2D eigenvalue weighted by molar-refractivity contribution is 0.411. The molecule has 0 fully saturated rings. The molecular formula is C30H27FN6O2. The molecule has 0 aliphatic rings. The van der Waals surface area contributed by atoms with E-state index >= 15 is 0 Å². The number of ether oxygens (including phenoxy) is 1. The Balaban J connectivity index is 1.61. The highest BCUT2D eigenvalue weighted by atomic mass is 19.1. The van der Waals surface area contributed by atoms with Crippen LogP contribution < -0.4 is 21.3 Å². The van der Waals surface area contributed by atoms with Crippen LogP contribution in [0.25, 0.3) is 16.5 Å². The molecule has 4 N–H and O–H groups in total. The summed E-state index contributed by atoms with van der Waals surface area (Å²) >= 11 is 0. The Morgan fingerprint density at radius 3 is 2.59 bits per heavy atom. The van der Waals surface area contributed by atoms with Crippen molar-refractivity contribution < 1.29 is 9.13 Å². The molecule has 3 aromatic carbocycles. The summed E-state index contributed by atoms with van der Waals surface area (Å²) in [5.41, 5.74) is 9.76. The highest BCUT2D eigenvalue weighted by Crippen LogP contribution is 2.26. The van der Waals surface area contributed by atoms with Crippen LogP contribution in [0.2, 0.25) is 0 Å². The van der Waals surface area contributed by atoms with Gasteiger partial charge in [-0.3, -0.25) is 14.8 Å². The number of aromatic nitrogens is 3. The Hall–Kier alpha value is -5.05. The normalized spacial score (nSPS) is 11.0. The molecule has 39 heavy (non-hydrogen) atoms. The van der Waals surface area contributed by atoms with Crippen molar-refractivity contribution in [2.45, 2.75) is 20.4 Å². The van der Waals surface area contributed by atoms with Crippen molar-refractivity contribution in [1.29, 1.82) is 5.41 Å². The van der Waals surface area contributed by atoms with Gasteiger partial charge in [0.15, 0.2) is 0 Å². The zero-order chi connectivity index (χ0) is 27.7. The van der Waals surface area contributed by atoms with Crippen LogP contribution in [-0.4, -0.2) is 27.4 Å². The highest BCUT2D eigenvalue weighted by Gasteiger charge is 2.19. The molecule has 0 aliphatic heterocycles. The first-order valence-electron chi connectivity index (χ1n) is 12.3. The summed E-state index contributed by atoms with van der Waals surface area (Å²) in [5, 5.41) is 13.5.